The average Bonchev–Trinajstić information content (AvgIpc) is 2.48. The van der Waals surface area contributed by atoms with Crippen LogP contribution in [0.25, 0.3) is 0 Å². The maximum Gasteiger partial charge on any atom is 0.191 e. The summed E-state index contributed by atoms with van der Waals surface area (Å²) in [7, 11) is -2.95. The molecule has 0 bridgehead atoms. The van der Waals surface area contributed by atoms with Crippen LogP contribution < -0.4 is 15.4 Å². The SMILES string of the molecule is CCNC(=NCC(C)Oc1cccc(F)c1)NCCCS(C)(=O)=O.I. The molecule has 9 heteroatoms. The van der Waals surface area contributed by atoms with Crippen molar-refractivity contribution in [3.05, 3.63) is 30.1 Å². The van der Waals surface area contributed by atoms with Crippen LogP contribution in [-0.2, 0) is 9.84 Å². The van der Waals surface area contributed by atoms with Crippen LogP contribution in [0.2, 0.25) is 0 Å². The van der Waals surface area contributed by atoms with Crippen molar-refractivity contribution < 1.29 is 17.5 Å². The Labute approximate surface area is 166 Å². The molecule has 0 heterocycles. The lowest BCUT2D eigenvalue weighted by molar-refractivity contribution is 0.229. The molecule has 2 N–H and O–H groups in total. The minimum atomic E-state index is -2.95. The number of benzene rings is 1. The van der Waals surface area contributed by atoms with Gasteiger partial charge in [0, 0.05) is 25.4 Å². The first kappa shape index (κ1) is 23.9. The summed E-state index contributed by atoms with van der Waals surface area (Å²) < 4.78 is 40.9. The summed E-state index contributed by atoms with van der Waals surface area (Å²) in [6.45, 7) is 5.38. The molecular formula is C16H27FIN3O3S. The van der Waals surface area contributed by atoms with Gasteiger partial charge >= 0.3 is 0 Å². The van der Waals surface area contributed by atoms with Crippen molar-refractivity contribution in [2.45, 2.75) is 26.4 Å². The highest BCUT2D eigenvalue weighted by Crippen LogP contribution is 2.13. The predicted molar refractivity (Wildman–Crippen MR) is 110 cm³/mol. The van der Waals surface area contributed by atoms with Crippen molar-refractivity contribution >= 4 is 39.8 Å². The van der Waals surface area contributed by atoms with Crippen LogP contribution in [-0.4, -0.2) is 52.1 Å². The summed E-state index contributed by atoms with van der Waals surface area (Å²) in [4.78, 5) is 4.39. The van der Waals surface area contributed by atoms with Crippen molar-refractivity contribution in [2.24, 2.45) is 4.99 Å². The molecule has 0 radical (unpaired) electrons. The lowest BCUT2D eigenvalue weighted by atomic mass is 10.3. The molecule has 0 aliphatic rings. The zero-order valence-corrected chi connectivity index (χ0v) is 17.9. The van der Waals surface area contributed by atoms with Gasteiger partial charge in [-0.2, -0.15) is 0 Å². The van der Waals surface area contributed by atoms with E-state index in [9.17, 15) is 12.8 Å². The fourth-order valence-corrected chi connectivity index (χ4v) is 2.58. The third kappa shape index (κ3) is 12.0. The second-order valence-electron chi connectivity index (χ2n) is 5.52. The molecule has 0 aliphatic heterocycles. The van der Waals surface area contributed by atoms with Crippen molar-refractivity contribution in [1.29, 1.82) is 0 Å². The summed E-state index contributed by atoms with van der Waals surface area (Å²) in [6, 6.07) is 5.97. The van der Waals surface area contributed by atoms with E-state index >= 15 is 0 Å². The fourth-order valence-electron chi connectivity index (χ4n) is 1.91. The Morgan fingerprint density at radius 1 is 1.36 bits per heavy atom. The lowest BCUT2D eigenvalue weighted by Gasteiger charge is -2.15. The van der Waals surface area contributed by atoms with Gasteiger partial charge in [-0.15, -0.1) is 24.0 Å². The lowest BCUT2D eigenvalue weighted by Crippen LogP contribution is -2.39. The minimum absolute atomic E-state index is 0. The van der Waals surface area contributed by atoms with E-state index in [-0.39, 0.29) is 41.7 Å². The van der Waals surface area contributed by atoms with Crippen molar-refractivity contribution in [2.75, 3.05) is 31.6 Å². The van der Waals surface area contributed by atoms with E-state index in [1.807, 2.05) is 13.8 Å². The first-order chi connectivity index (χ1) is 11.3. The fraction of sp³-hybridized carbons (Fsp3) is 0.562. The van der Waals surface area contributed by atoms with Crippen LogP contribution in [0.3, 0.4) is 0 Å². The standard InChI is InChI=1S/C16H26FN3O3S.HI/c1-4-18-16(19-9-6-10-24(3,21)22)20-12-13(2)23-15-8-5-7-14(17)11-15;/h5,7-8,11,13H,4,6,9-10,12H2,1-3H3,(H2,18,19,20);1H. The number of sulfone groups is 1. The van der Waals surface area contributed by atoms with Gasteiger partial charge < -0.3 is 15.4 Å². The Bertz CT molecular complexity index is 641. The molecule has 0 fully saturated rings. The second kappa shape index (κ2) is 12.3. The highest BCUT2D eigenvalue weighted by molar-refractivity contribution is 14.0. The van der Waals surface area contributed by atoms with E-state index in [4.69, 9.17) is 4.74 Å². The number of aliphatic imine (C=N–C) groups is 1. The highest BCUT2D eigenvalue weighted by Gasteiger charge is 2.06. The molecular weight excluding hydrogens is 460 g/mol. The van der Waals surface area contributed by atoms with Crippen LogP contribution in [0.4, 0.5) is 4.39 Å². The van der Waals surface area contributed by atoms with E-state index < -0.39 is 9.84 Å². The van der Waals surface area contributed by atoms with E-state index in [1.165, 1.54) is 18.4 Å². The molecule has 1 aromatic rings. The molecule has 1 aromatic carbocycles. The van der Waals surface area contributed by atoms with Gasteiger partial charge in [0.05, 0.1) is 12.3 Å². The van der Waals surface area contributed by atoms with E-state index in [0.29, 0.717) is 37.8 Å². The van der Waals surface area contributed by atoms with Crippen LogP contribution in [0.1, 0.15) is 20.3 Å². The van der Waals surface area contributed by atoms with Crippen LogP contribution in [0.5, 0.6) is 5.75 Å². The maximum absolute atomic E-state index is 13.1. The molecule has 0 aromatic heterocycles. The molecule has 1 unspecified atom stereocenters. The average molecular weight is 487 g/mol. The van der Waals surface area contributed by atoms with Gasteiger partial charge in [-0.05, 0) is 32.4 Å². The topological polar surface area (TPSA) is 79.8 Å². The molecule has 6 nitrogen and oxygen atoms in total. The summed E-state index contributed by atoms with van der Waals surface area (Å²) in [5.74, 6) is 0.854. The number of rotatable bonds is 9. The molecule has 25 heavy (non-hydrogen) atoms. The Morgan fingerprint density at radius 3 is 2.68 bits per heavy atom. The predicted octanol–water partition coefficient (Wildman–Crippen LogP) is 2.20. The van der Waals surface area contributed by atoms with Gasteiger partial charge in [0.1, 0.15) is 27.5 Å². The zero-order valence-electron chi connectivity index (χ0n) is 14.8. The number of nitrogens with zero attached hydrogens (tertiary/aromatic N) is 1. The molecule has 0 aliphatic carbocycles. The van der Waals surface area contributed by atoms with Gasteiger partial charge in [0.2, 0.25) is 0 Å². The monoisotopic (exact) mass is 487 g/mol. The number of hydrogen-bond acceptors (Lipinski definition) is 4. The number of ether oxygens (including phenoxy) is 1. The van der Waals surface area contributed by atoms with E-state index in [2.05, 4.69) is 15.6 Å². The summed E-state index contributed by atoms with van der Waals surface area (Å²) >= 11 is 0. The minimum Gasteiger partial charge on any atom is -0.489 e. The number of halogens is 2. The summed E-state index contributed by atoms with van der Waals surface area (Å²) in [6.07, 6.45) is 1.51. The molecule has 1 rings (SSSR count). The molecule has 0 saturated carbocycles. The van der Waals surface area contributed by atoms with Crippen LogP contribution >= 0.6 is 24.0 Å². The molecule has 0 saturated heterocycles. The first-order valence-corrected chi connectivity index (χ1v) is 9.98. The molecule has 0 spiro atoms. The Kier molecular flexibility index (Phi) is 11.7. The van der Waals surface area contributed by atoms with Crippen LogP contribution in [0.15, 0.2) is 29.3 Å². The highest BCUT2D eigenvalue weighted by atomic mass is 127. The molecule has 0 amide bonds. The van der Waals surface area contributed by atoms with Crippen molar-refractivity contribution in [3.8, 4) is 5.75 Å². The third-order valence-corrected chi connectivity index (χ3v) is 4.00. The van der Waals surface area contributed by atoms with Gasteiger partial charge in [0.25, 0.3) is 0 Å². The Morgan fingerprint density at radius 2 is 2.08 bits per heavy atom. The zero-order chi connectivity index (χ0) is 18.0. The number of guanidine groups is 1. The Hall–Kier alpha value is -1.10. The van der Waals surface area contributed by atoms with Gasteiger partial charge in [-0.3, -0.25) is 0 Å². The van der Waals surface area contributed by atoms with E-state index in [1.54, 1.807) is 12.1 Å². The quantitative estimate of drug-likeness (QED) is 0.242. The Balaban J connectivity index is 0.00000576. The molecule has 1 atom stereocenters. The van der Waals surface area contributed by atoms with Crippen molar-refractivity contribution in [1.82, 2.24) is 10.6 Å². The first-order valence-electron chi connectivity index (χ1n) is 7.92. The van der Waals surface area contributed by atoms with Gasteiger partial charge in [-0.25, -0.2) is 17.8 Å². The second-order valence-corrected chi connectivity index (χ2v) is 7.78. The number of nitrogens with one attached hydrogen (secondary N) is 2. The normalized spacial score (nSPS) is 12.9. The van der Waals surface area contributed by atoms with Gasteiger partial charge in [-0.1, -0.05) is 6.07 Å². The summed E-state index contributed by atoms with van der Waals surface area (Å²) in [5.41, 5.74) is 0. The largest absolute Gasteiger partial charge is 0.489 e. The van der Waals surface area contributed by atoms with E-state index in [0.717, 1.165) is 0 Å². The molecule has 144 valence electrons. The van der Waals surface area contributed by atoms with Gasteiger partial charge in [0.15, 0.2) is 5.96 Å². The smallest absolute Gasteiger partial charge is 0.191 e. The number of hydrogen-bond donors (Lipinski definition) is 2. The summed E-state index contributed by atoms with van der Waals surface area (Å²) in [5, 5.41) is 6.16. The third-order valence-electron chi connectivity index (χ3n) is 2.97. The maximum atomic E-state index is 13.1. The van der Waals surface area contributed by atoms with Crippen molar-refractivity contribution in [3.63, 3.8) is 0 Å². The van der Waals surface area contributed by atoms with Crippen LogP contribution in [0, 0.1) is 5.82 Å².